The summed E-state index contributed by atoms with van der Waals surface area (Å²) in [5.74, 6) is 0. The Morgan fingerprint density at radius 1 is 1.19 bits per heavy atom. The standard InChI is InChI=1S/C21H34O4SSi/c1-16(2)15-20(26(23,24)18-11-9-17(3)10-12-18)19(22)13-14-25-27(7,8)21(4,5)6/h9-12,19,22H,13-14H2,1-8H3. The molecule has 1 rings (SSSR count). The highest BCUT2D eigenvalue weighted by molar-refractivity contribution is 7.95. The van der Waals surface area contributed by atoms with Gasteiger partial charge in [0.25, 0.3) is 0 Å². The fourth-order valence-electron chi connectivity index (χ4n) is 2.19. The van der Waals surface area contributed by atoms with Gasteiger partial charge in [0.15, 0.2) is 8.32 Å². The summed E-state index contributed by atoms with van der Waals surface area (Å²) in [6.07, 6.45) is -0.941. The summed E-state index contributed by atoms with van der Waals surface area (Å²) >= 11 is 0. The van der Waals surface area contributed by atoms with E-state index in [1.54, 1.807) is 38.1 Å². The Bertz CT molecular complexity index is 805. The first-order valence-corrected chi connectivity index (χ1v) is 13.7. The molecule has 1 atom stereocenters. The van der Waals surface area contributed by atoms with Crippen molar-refractivity contribution >= 4 is 18.2 Å². The molecule has 0 saturated heterocycles. The average molecular weight is 411 g/mol. The molecule has 6 heteroatoms. The monoisotopic (exact) mass is 410 g/mol. The topological polar surface area (TPSA) is 63.6 Å². The van der Waals surface area contributed by atoms with Gasteiger partial charge in [-0.05, 0) is 56.6 Å². The number of aliphatic hydroxyl groups excluding tert-OH is 1. The molecule has 1 N–H and O–H groups in total. The third kappa shape index (κ3) is 6.44. The zero-order chi connectivity index (χ0) is 21.0. The normalized spacial score (nSPS) is 13.8. The van der Waals surface area contributed by atoms with Crippen LogP contribution >= 0.6 is 0 Å². The van der Waals surface area contributed by atoms with Crippen molar-refractivity contribution in [2.45, 2.75) is 77.1 Å². The quantitative estimate of drug-likeness (QED) is 0.508. The second-order valence-electron chi connectivity index (χ2n) is 8.72. The summed E-state index contributed by atoms with van der Waals surface area (Å²) in [4.78, 5) is 0.0754. The van der Waals surface area contributed by atoms with Crippen LogP contribution in [0.2, 0.25) is 18.1 Å². The Morgan fingerprint density at radius 2 is 1.70 bits per heavy atom. The van der Waals surface area contributed by atoms with Crippen LogP contribution in [0, 0.1) is 6.92 Å². The van der Waals surface area contributed by atoms with Gasteiger partial charge in [0.05, 0.1) is 11.0 Å². The molecular weight excluding hydrogens is 376 g/mol. The van der Waals surface area contributed by atoms with Crippen molar-refractivity contribution in [2.24, 2.45) is 0 Å². The van der Waals surface area contributed by atoms with Gasteiger partial charge in [-0.2, -0.15) is 0 Å². The minimum absolute atomic E-state index is 0.0600. The highest BCUT2D eigenvalue weighted by Gasteiger charge is 2.37. The molecular formula is C21H34O4SSi. The molecule has 4 nitrogen and oxygen atoms in total. The molecule has 1 aromatic rings. The highest BCUT2D eigenvalue weighted by Crippen LogP contribution is 2.36. The van der Waals surface area contributed by atoms with E-state index >= 15 is 0 Å². The molecule has 0 aliphatic rings. The summed E-state index contributed by atoms with van der Waals surface area (Å²) in [7, 11) is -5.77. The van der Waals surface area contributed by atoms with Gasteiger partial charge < -0.3 is 9.53 Å². The maximum atomic E-state index is 13.0. The molecule has 0 aliphatic heterocycles. The van der Waals surface area contributed by atoms with Gasteiger partial charge in [-0.1, -0.05) is 38.5 Å². The lowest BCUT2D eigenvalue weighted by Crippen LogP contribution is -2.41. The number of benzene rings is 1. The molecule has 0 bridgehead atoms. The predicted octanol–water partition coefficient (Wildman–Crippen LogP) is 4.99. The fraction of sp³-hybridized carbons (Fsp3) is 0.571. The average Bonchev–Trinajstić information content (AvgIpc) is 2.51. The van der Waals surface area contributed by atoms with Crippen molar-refractivity contribution in [1.82, 2.24) is 0 Å². The summed E-state index contributed by atoms with van der Waals surface area (Å²) in [6, 6.07) is 6.63. The number of hydrogen-bond donors (Lipinski definition) is 1. The lowest BCUT2D eigenvalue weighted by Gasteiger charge is -2.36. The van der Waals surface area contributed by atoms with Crippen LogP contribution < -0.4 is 0 Å². The Labute approximate surface area is 166 Å². The molecule has 0 amide bonds. The van der Waals surface area contributed by atoms with Crippen molar-refractivity contribution in [3.05, 3.63) is 46.0 Å². The van der Waals surface area contributed by atoms with Gasteiger partial charge in [-0.25, -0.2) is 8.42 Å². The lowest BCUT2D eigenvalue weighted by molar-refractivity contribution is 0.168. The van der Waals surface area contributed by atoms with Crippen LogP contribution in [0.5, 0.6) is 0 Å². The van der Waals surface area contributed by atoms with E-state index in [4.69, 9.17) is 4.43 Å². The number of hydrogen-bond acceptors (Lipinski definition) is 4. The van der Waals surface area contributed by atoms with E-state index in [1.165, 1.54) is 0 Å². The van der Waals surface area contributed by atoms with Gasteiger partial charge in [0.1, 0.15) is 4.91 Å². The van der Waals surface area contributed by atoms with Crippen LogP contribution in [0.25, 0.3) is 0 Å². The van der Waals surface area contributed by atoms with Crippen LogP contribution in [0.3, 0.4) is 0 Å². The van der Waals surface area contributed by atoms with E-state index in [-0.39, 0.29) is 21.3 Å². The molecule has 0 spiro atoms. The Hall–Kier alpha value is -1.17. The van der Waals surface area contributed by atoms with Crippen LogP contribution in [-0.4, -0.2) is 34.6 Å². The molecule has 0 radical (unpaired) electrons. The molecule has 0 heterocycles. The third-order valence-electron chi connectivity index (χ3n) is 4.96. The van der Waals surface area contributed by atoms with Crippen molar-refractivity contribution < 1.29 is 18.0 Å². The van der Waals surface area contributed by atoms with Crippen LogP contribution in [0.4, 0.5) is 0 Å². The van der Waals surface area contributed by atoms with E-state index < -0.39 is 24.3 Å². The highest BCUT2D eigenvalue weighted by atomic mass is 32.2. The SMILES string of the molecule is CC(C)=C=C(C(O)CCO[Si](C)(C)C(C)(C)C)S(=O)(=O)c1ccc(C)cc1. The number of sulfone groups is 1. The van der Waals surface area contributed by atoms with Gasteiger partial charge in [-0.3, -0.25) is 0 Å². The van der Waals surface area contributed by atoms with Crippen molar-refractivity contribution in [3.63, 3.8) is 0 Å². The van der Waals surface area contributed by atoms with Crippen LogP contribution in [0.1, 0.15) is 46.6 Å². The van der Waals surface area contributed by atoms with E-state index in [0.29, 0.717) is 12.2 Å². The summed E-state index contributed by atoms with van der Waals surface area (Å²) in [6.45, 7) is 16.5. The zero-order valence-corrected chi connectivity index (χ0v) is 19.7. The van der Waals surface area contributed by atoms with Crippen molar-refractivity contribution in [2.75, 3.05) is 6.61 Å². The molecule has 27 heavy (non-hydrogen) atoms. The minimum Gasteiger partial charge on any atom is -0.417 e. The Balaban J connectivity index is 3.09. The Morgan fingerprint density at radius 3 is 2.15 bits per heavy atom. The molecule has 0 saturated carbocycles. The third-order valence-corrected chi connectivity index (χ3v) is 11.3. The van der Waals surface area contributed by atoms with E-state index in [2.05, 4.69) is 39.6 Å². The van der Waals surface area contributed by atoms with E-state index in [0.717, 1.165) is 5.56 Å². The van der Waals surface area contributed by atoms with Crippen LogP contribution in [0.15, 0.2) is 45.4 Å². The van der Waals surface area contributed by atoms with Gasteiger partial charge in [0.2, 0.25) is 9.84 Å². The maximum Gasteiger partial charge on any atom is 0.212 e. The number of aliphatic hydroxyl groups is 1. The summed E-state index contributed by atoms with van der Waals surface area (Å²) < 4.78 is 32.2. The first kappa shape index (κ1) is 23.9. The second-order valence-corrected chi connectivity index (χ2v) is 15.4. The van der Waals surface area contributed by atoms with Crippen molar-refractivity contribution in [3.8, 4) is 0 Å². The largest absolute Gasteiger partial charge is 0.417 e. The van der Waals surface area contributed by atoms with Crippen molar-refractivity contribution in [1.29, 1.82) is 0 Å². The van der Waals surface area contributed by atoms with Gasteiger partial charge >= 0.3 is 0 Å². The molecule has 152 valence electrons. The second kappa shape index (κ2) is 8.89. The Kier molecular flexibility index (Phi) is 7.85. The fourth-order valence-corrected chi connectivity index (χ4v) is 4.82. The summed E-state index contributed by atoms with van der Waals surface area (Å²) in [5, 5.41) is 10.7. The van der Waals surface area contributed by atoms with E-state index in [9.17, 15) is 13.5 Å². The predicted molar refractivity (Wildman–Crippen MR) is 114 cm³/mol. The smallest absolute Gasteiger partial charge is 0.212 e. The first-order valence-electron chi connectivity index (χ1n) is 9.26. The van der Waals surface area contributed by atoms with Gasteiger partial charge in [0, 0.05) is 13.0 Å². The van der Waals surface area contributed by atoms with E-state index in [1.807, 2.05) is 6.92 Å². The van der Waals surface area contributed by atoms with Crippen LogP contribution in [-0.2, 0) is 14.3 Å². The molecule has 0 fully saturated rings. The minimum atomic E-state index is -3.82. The summed E-state index contributed by atoms with van der Waals surface area (Å²) in [5.41, 5.74) is 4.54. The number of rotatable bonds is 7. The number of aryl methyl sites for hydroxylation is 1. The zero-order valence-electron chi connectivity index (χ0n) is 17.9. The maximum absolute atomic E-state index is 13.0. The molecule has 0 aromatic heterocycles. The molecule has 1 unspecified atom stereocenters. The van der Waals surface area contributed by atoms with Gasteiger partial charge in [-0.15, -0.1) is 5.73 Å². The first-order chi connectivity index (χ1) is 12.2. The lowest BCUT2D eigenvalue weighted by atomic mass is 10.2. The molecule has 1 aromatic carbocycles. The molecule has 0 aliphatic carbocycles.